The van der Waals surface area contributed by atoms with Crippen LogP contribution in [0.15, 0.2) is 58.1 Å². The first-order chi connectivity index (χ1) is 14.7. The van der Waals surface area contributed by atoms with Crippen LogP contribution in [-0.4, -0.2) is 31.4 Å². The second-order valence-corrected chi connectivity index (χ2v) is 8.53. The maximum Gasteiger partial charge on any atom is 0.322 e. The van der Waals surface area contributed by atoms with Gasteiger partial charge in [0, 0.05) is 10.9 Å². The number of imidazole rings is 1. The third-order valence-electron chi connectivity index (χ3n) is 4.80. The fourth-order valence-electron chi connectivity index (χ4n) is 3.18. The fourth-order valence-corrected chi connectivity index (χ4v) is 4.16. The summed E-state index contributed by atoms with van der Waals surface area (Å²) in [7, 11) is 0. The number of carbonyl (C=O) groups excluding carboxylic acids is 1. The zero-order valence-corrected chi connectivity index (χ0v) is 17.5. The predicted octanol–water partition coefficient (Wildman–Crippen LogP) is 4.73. The molecule has 0 radical (unpaired) electrons. The molecule has 0 bridgehead atoms. The molecule has 2 aromatic heterocycles. The van der Waals surface area contributed by atoms with E-state index in [4.69, 9.17) is 21.0 Å². The van der Waals surface area contributed by atoms with Crippen LogP contribution in [0.25, 0.3) is 11.0 Å². The van der Waals surface area contributed by atoms with Gasteiger partial charge in [-0.3, -0.25) is 10.1 Å². The van der Waals surface area contributed by atoms with E-state index in [9.17, 15) is 4.79 Å². The van der Waals surface area contributed by atoms with Gasteiger partial charge >= 0.3 is 6.01 Å². The van der Waals surface area contributed by atoms with Crippen molar-refractivity contribution in [1.82, 2.24) is 19.7 Å². The smallest absolute Gasteiger partial charge is 0.322 e. The number of thioether (sulfide) groups is 1. The lowest BCUT2D eigenvalue weighted by Gasteiger charge is -2.09. The summed E-state index contributed by atoms with van der Waals surface area (Å²) in [6, 6.07) is 15.9. The molecule has 2 aromatic carbocycles. The van der Waals surface area contributed by atoms with Crippen LogP contribution < -0.4 is 5.32 Å². The molecule has 30 heavy (non-hydrogen) atoms. The molecule has 152 valence electrons. The molecule has 0 saturated heterocycles. The lowest BCUT2D eigenvalue weighted by atomic mass is 10.2. The Balaban J connectivity index is 1.33. The van der Waals surface area contributed by atoms with Gasteiger partial charge in [-0.05, 0) is 36.6 Å². The highest BCUT2D eigenvalue weighted by molar-refractivity contribution is 7.99. The van der Waals surface area contributed by atoms with E-state index in [-0.39, 0.29) is 17.7 Å². The van der Waals surface area contributed by atoms with Crippen molar-refractivity contribution in [3.8, 4) is 0 Å². The maximum absolute atomic E-state index is 12.4. The molecule has 0 atom stereocenters. The van der Waals surface area contributed by atoms with Crippen molar-refractivity contribution >= 4 is 46.3 Å². The van der Waals surface area contributed by atoms with Gasteiger partial charge in [0.1, 0.15) is 0 Å². The van der Waals surface area contributed by atoms with E-state index in [0.717, 1.165) is 34.6 Å². The Morgan fingerprint density at radius 1 is 1.20 bits per heavy atom. The van der Waals surface area contributed by atoms with Gasteiger partial charge < -0.3 is 8.98 Å². The number of anilines is 1. The van der Waals surface area contributed by atoms with Crippen molar-refractivity contribution < 1.29 is 9.21 Å². The highest BCUT2D eigenvalue weighted by atomic mass is 35.5. The molecule has 4 aromatic rings. The van der Waals surface area contributed by atoms with Gasteiger partial charge in [0.05, 0.1) is 23.3 Å². The van der Waals surface area contributed by atoms with Crippen LogP contribution >= 0.6 is 23.4 Å². The van der Waals surface area contributed by atoms with Crippen LogP contribution in [0.4, 0.5) is 6.01 Å². The Morgan fingerprint density at radius 2 is 2.03 bits per heavy atom. The van der Waals surface area contributed by atoms with Gasteiger partial charge in [-0.2, -0.15) is 0 Å². The van der Waals surface area contributed by atoms with Gasteiger partial charge in [-0.25, -0.2) is 4.98 Å². The summed E-state index contributed by atoms with van der Waals surface area (Å²) in [5, 5.41) is 11.9. The number of amides is 1. The van der Waals surface area contributed by atoms with Crippen molar-refractivity contribution in [3.63, 3.8) is 0 Å². The molecule has 0 aliphatic heterocycles. The first kappa shape index (κ1) is 19.1. The van der Waals surface area contributed by atoms with E-state index in [1.165, 1.54) is 11.8 Å². The van der Waals surface area contributed by atoms with Crippen LogP contribution in [0.3, 0.4) is 0 Å². The zero-order valence-electron chi connectivity index (χ0n) is 15.9. The van der Waals surface area contributed by atoms with Crippen LogP contribution in [-0.2, 0) is 11.3 Å². The summed E-state index contributed by atoms with van der Waals surface area (Å²) < 4.78 is 7.59. The van der Waals surface area contributed by atoms with Gasteiger partial charge in [-0.15, -0.1) is 5.10 Å². The third kappa shape index (κ3) is 4.20. The normalized spacial score (nSPS) is 13.6. The summed E-state index contributed by atoms with van der Waals surface area (Å²) >= 11 is 7.50. The maximum atomic E-state index is 12.4. The van der Waals surface area contributed by atoms with Gasteiger partial charge in [0.25, 0.3) is 0 Å². The first-order valence-corrected chi connectivity index (χ1v) is 11.0. The number of carbonyl (C=O) groups is 1. The molecule has 1 aliphatic carbocycles. The number of nitrogens with one attached hydrogen (secondary N) is 1. The Bertz CT molecular complexity index is 1200. The zero-order chi connectivity index (χ0) is 20.5. The average Bonchev–Trinajstić information content (AvgIpc) is 3.41. The molecule has 1 aliphatic rings. The van der Waals surface area contributed by atoms with Crippen molar-refractivity contribution in [2.75, 3.05) is 11.1 Å². The van der Waals surface area contributed by atoms with Crippen molar-refractivity contribution in [2.24, 2.45) is 0 Å². The van der Waals surface area contributed by atoms with E-state index in [1.54, 1.807) is 0 Å². The standard InChI is InChI=1S/C21H18ClN5O2S/c22-15-8-9-17-16(10-15)23-21(27(17)11-13-4-2-1-3-5-13)30-12-18(28)24-20-26-25-19(29-20)14-6-7-14/h1-5,8-10,14H,6-7,11-12H2,(H,24,26,28). The average molecular weight is 440 g/mol. The molecular formula is C21H18ClN5O2S. The third-order valence-corrected chi connectivity index (χ3v) is 6.02. The van der Waals surface area contributed by atoms with Crippen LogP contribution in [0.5, 0.6) is 0 Å². The number of rotatable bonds is 7. The lowest BCUT2D eigenvalue weighted by Crippen LogP contribution is -2.15. The van der Waals surface area contributed by atoms with Gasteiger partial charge in [-0.1, -0.05) is 58.8 Å². The summed E-state index contributed by atoms with van der Waals surface area (Å²) in [5.41, 5.74) is 2.92. The lowest BCUT2D eigenvalue weighted by molar-refractivity contribution is -0.113. The van der Waals surface area contributed by atoms with Crippen molar-refractivity contribution in [2.45, 2.75) is 30.5 Å². The molecule has 1 N–H and O–H groups in total. The topological polar surface area (TPSA) is 85.8 Å². The van der Waals surface area contributed by atoms with E-state index >= 15 is 0 Å². The molecule has 2 heterocycles. The number of halogens is 1. The Hall–Kier alpha value is -2.84. The Labute approximate surface area is 181 Å². The number of benzene rings is 2. The molecule has 7 nitrogen and oxygen atoms in total. The molecule has 0 unspecified atom stereocenters. The highest BCUT2D eigenvalue weighted by Crippen LogP contribution is 2.39. The quantitative estimate of drug-likeness (QED) is 0.419. The van der Waals surface area contributed by atoms with E-state index in [1.807, 2.05) is 36.4 Å². The van der Waals surface area contributed by atoms with E-state index < -0.39 is 0 Å². The fraction of sp³-hybridized carbons (Fsp3) is 0.238. The summed E-state index contributed by atoms with van der Waals surface area (Å²) in [5.74, 6) is 0.900. The minimum absolute atomic E-state index is 0.145. The molecule has 9 heteroatoms. The molecule has 1 amide bonds. The molecule has 5 rings (SSSR count). The number of aromatic nitrogens is 4. The highest BCUT2D eigenvalue weighted by Gasteiger charge is 2.29. The SMILES string of the molecule is O=C(CSc1nc2cc(Cl)ccc2n1Cc1ccccc1)Nc1nnc(C2CC2)o1. The second-order valence-electron chi connectivity index (χ2n) is 7.16. The van der Waals surface area contributed by atoms with Crippen LogP contribution in [0.2, 0.25) is 5.02 Å². The largest absolute Gasteiger partial charge is 0.408 e. The number of hydrogen-bond acceptors (Lipinski definition) is 6. The number of fused-ring (bicyclic) bond motifs is 1. The summed E-state index contributed by atoms with van der Waals surface area (Å²) in [6.07, 6.45) is 2.13. The van der Waals surface area contributed by atoms with Crippen LogP contribution in [0.1, 0.15) is 30.2 Å². The number of nitrogens with zero attached hydrogens (tertiary/aromatic N) is 4. The summed E-state index contributed by atoms with van der Waals surface area (Å²) in [6.45, 7) is 0.650. The number of hydrogen-bond donors (Lipinski definition) is 1. The predicted molar refractivity (Wildman–Crippen MR) is 116 cm³/mol. The van der Waals surface area contributed by atoms with Crippen molar-refractivity contribution in [1.29, 1.82) is 0 Å². The minimum atomic E-state index is -0.220. The Kier molecular flexibility index (Phi) is 5.18. The summed E-state index contributed by atoms with van der Waals surface area (Å²) in [4.78, 5) is 17.1. The Morgan fingerprint density at radius 3 is 2.83 bits per heavy atom. The first-order valence-electron chi connectivity index (χ1n) is 9.61. The molecule has 1 fully saturated rings. The van der Waals surface area contributed by atoms with E-state index in [0.29, 0.717) is 23.4 Å². The molecular weight excluding hydrogens is 422 g/mol. The second kappa shape index (κ2) is 8.12. The monoisotopic (exact) mass is 439 g/mol. The van der Waals surface area contributed by atoms with Gasteiger partial charge in [0.2, 0.25) is 11.8 Å². The molecule has 1 saturated carbocycles. The van der Waals surface area contributed by atoms with Crippen molar-refractivity contribution in [3.05, 3.63) is 65.0 Å². The minimum Gasteiger partial charge on any atom is -0.408 e. The van der Waals surface area contributed by atoms with Crippen LogP contribution in [0, 0.1) is 0 Å². The van der Waals surface area contributed by atoms with E-state index in [2.05, 4.69) is 32.2 Å². The van der Waals surface area contributed by atoms with Gasteiger partial charge in [0.15, 0.2) is 5.16 Å². The molecule has 0 spiro atoms.